The Balaban J connectivity index is 1.58. The van der Waals surface area contributed by atoms with E-state index in [1.165, 1.54) is 20.9 Å². The first-order valence-electron chi connectivity index (χ1n) is 8.49. The van der Waals surface area contributed by atoms with Crippen LogP contribution >= 0.6 is 11.8 Å². The lowest BCUT2D eigenvalue weighted by Gasteiger charge is -2.11. The van der Waals surface area contributed by atoms with Crippen molar-refractivity contribution in [1.82, 2.24) is 5.32 Å². The topological polar surface area (TPSA) is 21.3 Å². The van der Waals surface area contributed by atoms with E-state index >= 15 is 0 Å². The Bertz CT molecular complexity index is 789. The van der Waals surface area contributed by atoms with Crippen LogP contribution in [0.15, 0.2) is 88.7 Å². The van der Waals surface area contributed by atoms with Gasteiger partial charge in [0.2, 0.25) is 0 Å². The molecule has 0 aromatic heterocycles. The average Bonchev–Trinajstić information content (AvgIpc) is 2.67. The molecular weight excluding hydrogens is 326 g/mol. The number of nitrogens with one attached hydrogen (secondary N) is 1. The fourth-order valence-corrected chi connectivity index (χ4v) is 3.68. The van der Waals surface area contributed by atoms with Gasteiger partial charge in [0.15, 0.2) is 0 Å². The zero-order valence-corrected chi connectivity index (χ0v) is 15.3. The molecule has 0 saturated heterocycles. The molecule has 0 spiro atoms. The summed E-state index contributed by atoms with van der Waals surface area (Å²) >= 11 is 1.79. The lowest BCUT2D eigenvalue weighted by molar-refractivity contribution is 0.413. The molecule has 1 N–H and O–H groups in total. The first-order valence-corrected chi connectivity index (χ1v) is 9.31. The van der Waals surface area contributed by atoms with Crippen molar-refractivity contribution in [2.75, 3.05) is 13.7 Å². The molecule has 3 aromatic carbocycles. The normalized spacial score (nSPS) is 10.6. The molecule has 0 radical (unpaired) electrons. The highest BCUT2D eigenvalue weighted by Crippen LogP contribution is 2.32. The minimum Gasteiger partial charge on any atom is -0.497 e. The molecule has 0 fully saturated rings. The zero-order chi connectivity index (χ0) is 17.3. The van der Waals surface area contributed by atoms with Crippen molar-refractivity contribution in [3.8, 4) is 5.75 Å². The molecule has 128 valence electrons. The number of rotatable bonds is 8. The molecule has 3 rings (SSSR count). The van der Waals surface area contributed by atoms with Crippen LogP contribution in [0.25, 0.3) is 0 Å². The molecule has 0 aliphatic heterocycles. The third kappa shape index (κ3) is 5.38. The summed E-state index contributed by atoms with van der Waals surface area (Å²) in [7, 11) is 1.70. The summed E-state index contributed by atoms with van der Waals surface area (Å²) in [4.78, 5) is 2.50. The van der Waals surface area contributed by atoms with Crippen LogP contribution in [0, 0.1) is 0 Å². The first-order chi connectivity index (χ1) is 12.3. The van der Waals surface area contributed by atoms with Gasteiger partial charge in [-0.2, -0.15) is 0 Å². The van der Waals surface area contributed by atoms with Gasteiger partial charge in [-0.15, -0.1) is 0 Å². The Hall–Kier alpha value is -2.23. The molecular formula is C22H23NOS. The monoisotopic (exact) mass is 349 g/mol. The van der Waals surface area contributed by atoms with Crippen molar-refractivity contribution in [3.05, 3.63) is 90.0 Å². The van der Waals surface area contributed by atoms with Crippen LogP contribution in [0.4, 0.5) is 0 Å². The van der Waals surface area contributed by atoms with Crippen LogP contribution in [0.3, 0.4) is 0 Å². The van der Waals surface area contributed by atoms with Crippen LogP contribution in [0.5, 0.6) is 5.75 Å². The van der Waals surface area contributed by atoms with E-state index in [-0.39, 0.29) is 0 Å². The molecule has 0 aliphatic rings. The summed E-state index contributed by atoms with van der Waals surface area (Å²) in [6.07, 6.45) is 1.01. The standard InChI is InChI=1S/C22H23NOS/c1-24-20-11-7-12-21(16-20)25-22-13-6-5-10-19(22)14-15-23-17-18-8-3-2-4-9-18/h2-13,16,23H,14-15,17H2,1H3. The predicted molar refractivity (Wildman–Crippen MR) is 105 cm³/mol. The van der Waals surface area contributed by atoms with Crippen molar-refractivity contribution in [2.24, 2.45) is 0 Å². The van der Waals surface area contributed by atoms with E-state index < -0.39 is 0 Å². The van der Waals surface area contributed by atoms with E-state index in [1.807, 2.05) is 12.1 Å². The minimum absolute atomic E-state index is 0.895. The highest BCUT2D eigenvalue weighted by Gasteiger charge is 2.05. The summed E-state index contributed by atoms with van der Waals surface area (Å²) < 4.78 is 5.32. The lowest BCUT2D eigenvalue weighted by atomic mass is 10.1. The molecule has 0 aliphatic carbocycles. The largest absolute Gasteiger partial charge is 0.497 e. The number of hydrogen-bond acceptors (Lipinski definition) is 3. The van der Waals surface area contributed by atoms with Crippen LogP contribution < -0.4 is 10.1 Å². The fourth-order valence-electron chi connectivity index (χ4n) is 2.65. The van der Waals surface area contributed by atoms with Gasteiger partial charge in [-0.05, 0) is 48.4 Å². The van der Waals surface area contributed by atoms with Crippen molar-refractivity contribution >= 4 is 11.8 Å². The Morgan fingerprint density at radius 3 is 2.52 bits per heavy atom. The lowest BCUT2D eigenvalue weighted by Crippen LogP contribution is -2.16. The molecule has 0 atom stereocenters. The van der Waals surface area contributed by atoms with Crippen LogP contribution in [-0.2, 0) is 13.0 Å². The highest BCUT2D eigenvalue weighted by atomic mass is 32.2. The van der Waals surface area contributed by atoms with Crippen molar-refractivity contribution in [1.29, 1.82) is 0 Å². The molecule has 3 heteroatoms. The van der Waals surface area contributed by atoms with Gasteiger partial charge in [-0.3, -0.25) is 0 Å². The Labute approximate surface area is 154 Å². The maximum Gasteiger partial charge on any atom is 0.119 e. The van der Waals surface area contributed by atoms with Crippen LogP contribution in [0.1, 0.15) is 11.1 Å². The molecule has 0 amide bonds. The number of hydrogen-bond donors (Lipinski definition) is 1. The van der Waals surface area contributed by atoms with Gasteiger partial charge in [-0.1, -0.05) is 66.4 Å². The third-order valence-corrected chi connectivity index (χ3v) is 5.09. The van der Waals surface area contributed by atoms with Gasteiger partial charge < -0.3 is 10.1 Å². The van der Waals surface area contributed by atoms with E-state index in [4.69, 9.17) is 4.74 Å². The van der Waals surface area contributed by atoms with E-state index in [2.05, 4.69) is 72.0 Å². The molecule has 2 nitrogen and oxygen atoms in total. The Morgan fingerprint density at radius 2 is 1.68 bits per heavy atom. The first kappa shape index (κ1) is 17.6. The molecule has 0 unspecified atom stereocenters. The maximum absolute atomic E-state index is 5.32. The molecule has 3 aromatic rings. The smallest absolute Gasteiger partial charge is 0.119 e. The molecule has 25 heavy (non-hydrogen) atoms. The van der Waals surface area contributed by atoms with Crippen molar-refractivity contribution in [2.45, 2.75) is 22.8 Å². The van der Waals surface area contributed by atoms with Gasteiger partial charge in [-0.25, -0.2) is 0 Å². The van der Waals surface area contributed by atoms with Crippen LogP contribution in [0.2, 0.25) is 0 Å². The average molecular weight is 349 g/mol. The summed E-state index contributed by atoms with van der Waals surface area (Å²) in [5, 5.41) is 3.53. The Kier molecular flexibility index (Phi) is 6.55. The van der Waals surface area contributed by atoms with Crippen molar-refractivity contribution < 1.29 is 4.74 Å². The minimum atomic E-state index is 0.895. The quantitative estimate of drug-likeness (QED) is 0.566. The summed E-state index contributed by atoms with van der Waals surface area (Å²) in [6, 6.07) is 27.3. The second-order valence-electron chi connectivity index (χ2n) is 5.80. The van der Waals surface area contributed by atoms with Gasteiger partial charge in [0, 0.05) is 16.3 Å². The van der Waals surface area contributed by atoms with Gasteiger partial charge in [0.25, 0.3) is 0 Å². The second kappa shape index (κ2) is 9.30. The fraction of sp³-hybridized carbons (Fsp3) is 0.182. The van der Waals surface area contributed by atoms with Crippen molar-refractivity contribution in [3.63, 3.8) is 0 Å². The SMILES string of the molecule is COc1cccc(Sc2ccccc2CCNCc2ccccc2)c1. The number of methoxy groups -OCH3 is 1. The summed E-state index contributed by atoms with van der Waals surface area (Å²) in [6.45, 7) is 1.87. The van der Waals surface area contributed by atoms with Gasteiger partial charge in [0.05, 0.1) is 7.11 Å². The zero-order valence-electron chi connectivity index (χ0n) is 14.4. The Morgan fingerprint density at radius 1 is 0.880 bits per heavy atom. The summed E-state index contributed by atoms with van der Waals surface area (Å²) in [5.41, 5.74) is 2.69. The van der Waals surface area contributed by atoms with Crippen LogP contribution in [-0.4, -0.2) is 13.7 Å². The van der Waals surface area contributed by atoms with Gasteiger partial charge >= 0.3 is 0 Å². The van der Waals surface area contributed by atoms with Gasteiger partial charge in [0.1, 0.15) is 5.75 Å². The van der Waals surface area contributed by atoms with E-state index in [0.29, 0.717) is 0 Å². The summed E-state index contributed by atoms with van der Waals surface area (Å²) in [5.74, 6) is 0.895. The molecule has 0 saturated carbocycles. The number of ether oxygens (including phenoxy) is 1. The van der Waals surface area contributed by atoms with E-state index in [0.717, 1.165) is 25.3 Å². The predicted octanol–water partition coefficient (Wildman–Crippen LogP) is 5.18. The third-order valence-electron chi connectivity index (χ3n) is 3.98. The van der Waals surface area contributed by atoms with E-state index in [1.54, 1.807) is 18.9 Å². The maximum atomic E-state index is 5.32. The second-order valence-corrected chi connectivity index (χ2v) is 6.92. The molecule has 0 bridgehead atoms. The molecule has 0 heterocycles. The van der Waals surface area contributed by atoms with E-state index in [9.17, 15) is 0 Å². The highest BCUT2D eigenvalue weighted by molar-refractivity contribution is 7.99. The number of benzene rings is 3.